The van der Waals surface area contributed by atoms with Crippen molar-refractivity contribution in [3.63, 3.8) is 0 Å². The van der Waals surface area contributed by atoms with Crippen molar-refractivity contribution >= 4 is 28.6 Å². The number of nitrogens with zero attached hydrogens (tertiary/aromatic N) is 3. The second-order valence-electron chi connectivity index (χ2n) is 7.22. The second-order valence-corrected chi connectivity index (χ2v) is 7.22. The number of carbonyl (C=O) groups excluding carboxylic acids is 1. The predicted molar refractivity (Wildman–Crippen MR) is 102 cm³/mol. The Labute approximate surface area is 154 Å². The molecule has 1 aromatic carbocycles. The molecular weight excluding hydrogens is 328 g/mol. The quantitative estimate of drug-likeness (QED) is 0.892. The molecule has 138 valence electrons. The van der Waals surface area contributed by atoms with Gasteiger partial charge in [0, 0.05) is 32.7 Å². The van der Waals surface area contributed by atoms with Crippen molar-refractivity contribution in [2.45, 2.75) is 38.5 Å². The van der Waals surface area contributed by atoms with Gasteiger partial charge in [-0.2, -0.15) is 0 Å². The number of carbonyl (C=O) groups is 1. The summed E-state index contributed by atoms with van der Waals surface area (Å²) in [7, 11) is 0. The second kappa shape index (κ2) is 7.99. The first kappa shape index (κ1) is 17.2. The van der Waals surface area contributed by atoms with Crippen LogP contribution in [-0.4, -0.2) is 42.2 Å². The van der Waals surface area contributed by atoms with Gasteiger partial charge in [0.25, 0.3) is 0 Å². The third-order valence-electron chi connectivity index (χ3n) is 5.34. The van der Waals surface area contributed by atoms with Gasteiger partial charge in [0.1, 0.15) is 0 Å². The molecule has 2 aliphatic rings. The molecule has 2 saturated heterocycles. The van der Waals surface area contributed by atoms with Gasteiger partial charge in [0.15, 0.2) is 11.6 Å². The van der Waals surface area contributed by atoms with Gasteiger partial charge in [-0.1, -0.05) is 12.1 Å². The Morgan fingerprint density at radius 2 is 1.81 bits per heavy atom. The molecule has 1 amide bonds. The zero-order chi connectivity index (χ0) is 17.8. The lowest BCUT2D eigenvalue weighted by Gasteiger charge is -2.22. The molecule has 0 atom stereocenters. The fraction of sp³-hybridized carbons (Fsp3) is 0.550. The highest BCUT2D eigenvalue weighted by atomic mass is 16.5. The Balaban J connectivity index is 1.50. The predicted octanol–water partition coefficient (Wildman–Crippen LogP) is 3.38. The molecule has 2 aromatic rings. The fourth-order valence-corrected chi connectivity index (χ4v) is 3.79. The van der Waals surface area contributed by atoms with E-state index in [-0.39, 0.29) is 5.91 Å². The van der Waals surface area contributed by atoms with Gasteiger partial charge in [-0.25, -0.2) is 9.97 Å². The molecule has 2 aliphatic heterocycles. The molecule has 1 aromatic heterocycles. The van der Waals surface area contributed by atoms with Gasteiger partial charge in [-0.3, -0.25) is 4.79 Å². The number of benzene rings is 1. The van der Waals surface area contributed by atoms with E-state index in [0.29, 0.717) is 18.2 Å². The van der Waals surface area contributed by atoms with Crippen molar-refractivity contribution in [1.82, 2.24) is 9.97 Å². The molecule has 4 rings (SSSR count). The van der Waals surface area contributed by atoms with Gasteiger partial charge in [-0.15, -0.1) is 0 Å². The molecule has 6 nitrogen and oxygen atoms in total. The van der Waals surface area contributed by atoms with E-state index in [2.05, 4.69) is 10.2 Å². The van der Waals surface area contributed by atoms with Crippen molar-refractivity contribution in [2.75, 3.05) is 36.5 Å². The molecule has 0 unspecified atom stereocenters. The third-order valence-corrected chi connectivity index (χ3v) is 5.34. The Morgan fingerprint density at radius 1 is 1.12 bits per heavy atom. The average molecular weight is 354 g/mol. The summed E-state index contributed by atoms with van der Waals surface area (Å²) in [5, 5.41) is 3.03. The number of amides is 1. The Bertz CT molecular complexity index is 767. The minimum absolute atomic E-state index is 0.0292. The van der Waals surface area contributed by atoms with Gasteiger partial charge in [0.2, 0.25) is 5.91 Å². The number of hydrogen-bond acceptors (Lipinski definition) is 5. The smallest absolute Gasteiger partial charge is 0.225 e. The summed E-state index contributed by atoms with van der Waals surface area (Å²) in [6, 6.07) is 7.83. The molecule has 0 bridgehead atoms. The molecule has 3 heterocycles. The van der Waals surface area contributed by atoms with Crippen LogP contribution in [0.15, 0.2) is 24.3 Å². The minimum atomic E-state index is 0.0292. The summed E-state index contributed by atoms with van der Waals surface area (Å²) < 4.78 is 5.39. The van der Waals surface area contributed by atoms with Crippen LogP contribution in [0.5, 0.6) is 0 Å². The summed E-state index contributed by atoms with van der Waals surface area (Å²) in [6.45, 7) is 3.58. The van der Waals surface area contributed by atoms with Crippen molar-refractivity contribution in [2.24, 2.45) is 5.92 Å². The van der Waals surface area contributed by atoms with Crippen LogP contribution in [0.2, 0.25) is 0 Å². The summed E-state index contributed by atoms with van der Waals surface area (Å²) in [6.07, 6.45) is 5.87. The first-order chi connectivity index (χ1) is 12.8. The van der Waals surface area contributed by atoms with Gasteiger partial charge in [0.05, 0.1) is 11.0 Å². The van der Waals surface area contributed by atoms with E-state index in [1.807, 2.05) is 24.3 Å². The van der Waals surface area contributed by atoms with Crippen LogP contribution >= 0.6 is 0 Å². The SMILES string of the molecule is O=C(CCC1CCOCC1)Nc1nc2ccccc2nc1N1CCCC1. The minimum Gasteiger partial charge on any atom is -0.381 e. The lowest BCUT2D eigenvalue weighted by Crippen LogP contribution is -2.24. The Kier molecular flexibility index (Phi) is 5.29. The zero-order valence-corrected chi connectivity index (χ0v) is 15.1. The summed E-state index contributed by atoms with van der Waals surface area (Å²) in [5.74, 6) is 2.03. The van der Waals surface area contributed by atoms with E-state index in [0.717, 1.165) is 75.3 Å². The van der Waals surface area contributed by atoms with Gasteiger partial charge < -0.3 is 15.0 Å². The molecule has 26 heavy (non-hydrogen) atoms. The van der Waals surface area contributed by atoms with Crippen LogP contribution in [0, 0.1) is 5.92 Å². The maximum Gasteiger partial charge on any atom is 0.225 e. The molecule has 0 spiro atoms. The lowest BCUT2D eigenvalue weighted by atomic mass is 9.95. The molecule has 6 heteroatoms. The van der Waals surface area contributed by atoms with Crippen molar-refractivity contribution < 1.29 is 9.53 Å². The van der Waals surface area contributed by atoms with Gasteiger partial charge in [-0.05, 0) is 50.2 Å². The highest BCUT2D eigenvalue weighted by Crippen LogP contribution is 2.28. The molecule has 1 N–H and O–H groups in total. The topological polar surface area (TPSA) is 67.3 Å². The molecular formula is C20H26N4O2. The van der Waals surface area contributed by atoms with Crippen LogP contribution < -0.4 is 10.2 Å². The number of rotatable bonds is 5. The summed E-state index contributed by atoms with van der Waals surface area (Å²) in [5.41, 5.74) is 1.68. The number of para-hydroxylation sites is 2. The van der Waals surface area contributed by atoms with Crippen LogP contribution in [0.25, 0.3) is 11.0 Å². The van der Waals surface area contributed by atoms with E-state index in [4.69, 9.17) is 14.7 Å². The Hall–Kier alpha value is -2.21. The molecule has 0 saturated carbocycles. The van der Waals surface area contributed by atoms with Crippen LogP contribution in [0.1, 0.15) is 38.5 Å². The molecule has 2 fully saturated rings. The number of nitrogens with one attached hydrogen (secondary N) is 1. The van der Waals surface area contributed by atoms with Crippen LogP contribution in [-0.2, 0) is 9.53 Å². The van der Waals surface area contributed by atoms with Crippen molar-refractivity contribution in [3.8, 4) is 0 Å². The first-order valence-electron chi connectivity index (χ1n) is 9.69. The maximum absolute atomic E-state index is 12.5. The summed E-state index contributed by atoms with van der Waals surface area (Å²) in [4.78, 5) is 24.3. The van der Waals surface area contributed by atoms with Crippen LogP contribution in [0.4, 0.5) is 11.6 Å². The summed E-state index contributed by atoms with van der Waals surface area (Å²) >= 11 is 0. The van der Waals surface area contributed by atoms with Crippen LogP contribution in [0.3, 0.4) is 0 Å². The average Bonchev–Trinajstić information content (AvgIpc) is 3.21. The highest BCUT2D eigenvalue weighted by molar-refractivity contribution is 5.94. The van der Waals surface area contributed by atoms with Gasteiger partial charge >= 0.3 is 0 Å². The van der Waals surface area contributed by atoms with E-state index in [1.54, 1.807) is 0 Å². The molecule has 0 aliphatic carbocycles. The third kappa shape index (κ3) is 3.96. The number of aromatic nitrogens is 2. The monoisotopic (exact) mass is 354 g/mol. The Morgan fingerprint density at radius 3 is 2.54 bits per heavy atom. The highest BCUT2D eigenvalue weighted by Gasteiger charge is 2.21. The van der Waals surface area contributed by atoms with E-state index < -0.39 is 0 Å². The largest absolute Gasteiger partial charge is 0.381 e. The zero-order valence-electron chi connectivity index (χ0n) is 15.1. The fourth-order valence-electron chi connectivity index (χ4n) is 3.79. The molecule has 0 radical (unpaired) electrons. The first-order valence-corrected chi connectivity index (χ1v) is 9.69. The standard InChI is InChI=1S/C20H26N4O2/c25-18(8-7-15-9-13-26-14-10-15)23-19-20(24-11-3-4-12-24)22-17-6-2-1-5-16(17)21-19/h1-2,5-6,15H,3-4,7-14H2,(H,21,23,25). The maximum atomic E-state index is 12.5. The van der Waals surface area contributed by atoms with E-state index in [9.17, 15) is 4.79 Å². The number of ether oxygens (including phenoxy) is 1. The van der Waals surface area contributed by atoms with E-state index in [1.165, 1.54) is 0 Å². The number of fused-ring (bicyclic) bond motifs is 1. The normalized spacial score (nSPS) is 18.4. The lowest BCUT2D eigenvalue weighted by molar-refractivity contribution is -0.116. The van der Waals surface area contributed by atoms with Crippen molar-refractivity contribution in [3.05, 3.63) is 24.3 Å². The van der Waals surface area contributed by atoms with Crippen molar-refractivity contribution in [1.29, 1.82) is 0 Å². The number of anilines is 2. The van der Waals surface area contributed by atoms with E-state index >= 15 is 0 Å². The number of hydrogen-bond donors (Lipinski definition) is 1.